The number of amides is 1. The summed E-state index contributed by atoms with van der Waals surface area (Å²) in [5.74, 6) is -0.0815. The third-order valence-electron chi connectivity index (χ3n) is 8.36. The number of hydrogen-bond donors (Lipinski definition) is 3. The van der Waals surface area contributed by atoms with E-state index in [1.54, 1.807) is 12.4 Å². The number of pyridine rings is 1. The Morgan fingerprint density at radius 3 is 2.36 bits per heavy atom. The Kier molecular flexibility index (Phi) is 6.01. The van der Waals surface area contributed by atoms with Gasteiger partial charge in [0.15, 0.2) is 15.5 Å². The van der Waals surface area contributed by atoms with E-state index in [0.717, 1.165) is 35.9 Å². The number of H-pyrrole nitrogens is 1. The van der Waals surface area contributed by atoms with Gasteiger partial charge in [-0.2, -0.15) is 14.7 Å². The van der Waals surface area contributed by atoms with E-state index in [-0.39, 0.29) is 40.4 Å². The van der Waals surface area contributed by atoms with E-state index in [1.165, 1.54) is 10.6 Å². The molecule has 1 aromatic carbocycles. The van der Waals surface area contributed by atoms with Crippen LogP contribution in [0.5, 0.6) is 0 Å². The quantitative estimate of drug-likeness (QED) is 0.280. The molecule has 2 saturated heterocycles. The van der Waals surface area contributed by atoms with Gasteiger partial charge in [0.25, 0.3) is 5.91 Å². The average molecular weight is 584 g/mol. The summed E-state index contributed by atoms with van der Waals surface area (Å²) in [5, 5.41) is 11.0. The van der Waals surface area contributed by atoms with Crippen molar-refractivity contribution in [2.75, 3.05) is 17.7 Å². The van der Waals surface area contributed by atoms with Crippen LogP contribution in [0.15, 0.2) is 65.8 Å². The topological polar surface area (TPSA) is 178 Å². The molecule has 12 nitrogen and oxygen atoms in total. The molecule has 1 amide bonds. The molecule has 2 fully saturated rings. The Bertz CT molecular complexity index is 1920. The number of carbonyl (C=O) groups is 1. The molecule has 2 aliphatic heterocycles. The zero-order valence-electron chi connectivity index (χ0n) is 22.8. The minimum absolute atomic E-state index is 0.00674. The fraction of sp³-hybridized carbons (Fsp3) is 0.276. The summed E-state index contributed by atoms with van der Waals surface area (Å²) in [7, 11) is -3.75. The maximum absolute atomic E-state index is 13.3. The summed E-state index contributed by atoms with van der Waals surface area (Å²) in [4.78, 5) is 24.8. The van der Waals surface area contributed by atoms with Crippen molar-refractivity contribution in [1.82, 2.24) is 34.7 Å². The number of nitrogens with two attached hydrogens (primary N) is 2. The number of carbonyl (C=O) groups excluding carboxylic acids is 1. The van der Waals surface area contributed by atoms with Gasteiger partial charge >= 0.3 is 0 Å². The van der Waals surface area contributed by atoms with E-state index in [4.69, 9.17) is 16.5 Å². The normalized spacial score (nSPS) is 20.3. The molecular weight excluding hydrogens is 554 g/mol. The molecule has 0 radical (unpaired) electrons. The first kappa shape index (κ1) is 26.1. The number of aromatic amines is 1. The smallest absolute Gasteiger partial charge is 0.272 e. The summed E-state index contributed by atoms with van der Waals surface area (Å²) >= 11 is 0. The van der Waals surface area contributed by atoms with Crippen molar-refractivity contribution in [2.45, 2.75) is 48.6 Å². The van der Waals surface area contributed by atoms with Gasteiger partial charge in [-0.1, -0.05) is 36.4 Å². The average Bonchev–Trinajstić information content (AvgIpc) is 3.68. The van der Waals surface area contributed by atoms with Gasteiger partial charge in [0.1, 0.15) is 22.2 Å². The SMILES string of the molecule is CS(=O)(=O)c1c(C2C[C@H]3CC[C@@H](C2)N3C(=O)c2cc(N)n[nH]2)nc2c(-c3ccc(-c4ccccc4)nc3)cnn2c1N. The van der Waals surface area contributed by atoms with E-state index in [1.807, 2.05) is 47.4 Å². The lowest BCUT2D eigenvalue weighted by molar-refractivity contribution is 0.0562. The lowest BCUT2D eigenvalue weighted by Crippen LogP contribution is -2.46. The summed E-state index contributed by atoms with van der Waals surface area (Å²) < 4.78 is 27.6. The Balaban J connectivity index is 1.27. The number of fused-ring (bicyclic) bond motifs is 3. The molecule has 3 atom stereocenters. The first-order valence-electron chi connectivity index (χ1n) is 13.7. The molecule has 5 N–H and O–H groups in total. The molecule has 0 spiro atoms. The zero-order valence-corrected chi connectivity index (χ0v) is 23.6. The van der Waals surface area contributed by atoms with Crippen LogP contribution < -0.4 is 11.5 Å². The maximum atomic E-state index is 13.3. The maximum Gasteiger partial charge on any atom is 0.272 e. The molecule has 2 bridgehead atoms. The fourth-order valence-electron chi connectivity index (χ4n) is 6.53. The molecule has 4 aromatic heterocycles. The number of anilines is 2. The van der Waals surface area contributed by atoms with E-state index < -0.39 is 9.84 Å². The number of nitrogen functional groups attached to an aromatic ring is 2. The number of hydrogen-bond acceptors (Lipinski definition) is 9. The lowest BCUT2D eigenvalue weighted by atomic mass is 9.87. The second kappa shape index (κ2) is 9.65. The first-order chi connectivity index (χ1) is 20.2. The highest BCUT2D eigenvalue weighted by Crippen LogP contribution is 2.45. The number of nitrogens with one attached hydrogen (secondary N) is 1. The van der Waals surface area contributed by atoms with Crippen LogP contribution in [-0.2, 0) is 9.84 Å². The van der Waals surface area contributed by atoms with Crippen LogP contribution in [0.1, 0.15) is 47.8 Å². The molecule has 214 valence electrons. The molecule has 0 aliphatic carbocycles. The summed E-state index contributed by atoms with van der Waals surface area (Å²) in [6, 6.07) is 15.1. The molecule has 42 heavy (non-hydrogen) atoms. The molecule has 6 heterocycles. The molecule has 7 rings (SSSR count). The van der Waals surface area contributed by atoms with Crippen LogP contribution in [0.3, 0.4) is 0 Å². The van der Waals surface area contributed by atoms with Crippen LogP contribution in [0, 0.1) is 0 Å². The molecule has 2 aliphatic rings. The van der Waals surface area contributed by atoms with Gasteiger partial charge in [-0.15, -0.1) is 0 Å². The number of sulfone groups is 1. The van der Waals surface area contributed by atoms with Gasteiger partial charge in [-0.05, 0) is 31.7 Å². The van der Waals surface area contributed by atoms with E-state index in [9.17, 15) is 13.2 Å². The standard InChI is InChI=1S/C29H29N9O3S/c1-42(40,41)26-25(18-11-19-8-9-20(12-18)37(19)29(39)23-13-24(30)36-35-23)34-28-21(15-33-38(28)27(26)31)17-7-10-22(32-14-17)16-5-3-2-4-6-16/h2-7,10,13-15,18-20H,8-9,11-12,31H2,1H3,(H3,30,35,36)/t18?,19-,20+. The fourth-order valence-corrected chi connectivity index (χ4v) is 7.59. The summed E-state index contributed by atoms with van der Waals surface area (Å²) in [6.45, 7) is 0. The first-order valence-corrected chi connectivity index (χ1v) is 15.6. The number of benzene rings is 1. The number of piperidine rings is 1. The number of aromatic nitrogens is 6. The highest BCUT2D eigenvalue weighted by atomic mass is 32.2. The number of nitrogens with zero attached hydrogens (tertiary/aromatic N) is 6. The van der Waals surface area contributed by atoms with Crippen molar-refractivity contribution in [3.63, 3.8) is 0 Å². The zero-order chi connectivity index (χ0) is 29.2. The molecule has 0 saturated carbocycles. The van der Waals surface area contributed by atoms with Crippen molar-refractivity contribution in [2.24, 2.45) is 0 Å². The molecule has 1 unspecified atom stereocenters. The van der Waals surface area contributed by atoms with Gasteiger partial charge in [0.05, 0.1) is 17.6 Å². The Labute approximate surface area is 241 Å². The predicted octanol–water partition coefficient (Wildman–Crippen LogP) is 3.30. The van der Waals surface area contributed by atoms with Crippen molar-refractivity contribution in [1.29, 1.82) is 0 Å². The van der Waals surface area contributed by atoms with Crippen LogP contribution in [0.2, 0.25) is 0 Å². The van der Waals surface area contributed by atoms with Gasteiger partial charge < -0.3 is 16.4 Å². The van der Waals surface area contributed by atoms with Gasteiger partial charge in [0.2, 0.25) is 0 Å². The van der Waals surface area contributed by atoms with Crippen molar-refractivity contribution in [3.05, 3.63) is 72.3 Å². The number of rotatable bonds is 5. The highest BCUT2D eigenvalue weighted by molar-refractivity contribution is 7.91. The van der Waals surface area contributed by atoms with Crippen LogP contribution in [-0.4, -0.2) is 67.3 Å². The Hall–Kier alpha value is -4.78. The van der Waals surface area contributed by atoms with E-state index >= 15 is 0 Å². The predicted molar refractivity (Wildman–Crippen MR) is 157 cm³/mol. The Morgan fingerprint density at radius 1 is 1.00 bits per heavy atom. The molecular formula is C29H29N9O3S. The largest absolute Gasteiger partial charge is 0.382 e. The highest BCUT2D eigenvalue weighted by Gasteiger charge is 2.46. The minimum Gasteiger partial charge on any atom is -0.382 e. The second-order valence-electron chi connectivity index (χ2n) is 11.0. The van der Waals surface area contributed by atoms with Crippen LogP contribution >= 0.6 is 0 Å². The molecule has 5 aromatic rings. The van der Waals surface area contributed by atoms with Gasteiger partial charge in [-0.25, -0.2) is 13.4 Å². The third-order valence-corrected chi connectivity index (χ3v) is 9.52. The second-order valence-corrected chi connectivity index (χ2v) is 13.0. The summed E-state index contributed by atoms with van der Waals surface area (Å²) in [6.07, 6.45) is 7.30. The van der Waals surface area contributed by atoms with Crippen molar-refractivity contribution < 1.29 is 13.2 Å². The van der Waals surface area contributed by atoms with Gasteiger partial charge in [-0.3, -0.25) is 14.9 Å². The lowest BCUT2D eigenvalue weighted by Gasteiger charge is -2.39. The van der Waals surface area contributed by atoms with E-state index in [2.05, 4.69) is 20.3 Å². The van der Waals surface area contributed by atoms with E-state index in [0.29, 0.717) is 35.4 Å². The molecule has 13 heteroatoms. The van der Waals surface area contributed by atoms with Crippen molar-refractivity contribution in [3.8, 4) is 22.4 Å². The van der Waals surface area contributed by atoms with Crippen molar-refractivity contribution >= 4 is 33.0 Å². The third kappa shape index (κ3) is 4.28. The monoisotopic (exact) mass is 583 g/mol. The minimum atomic E-state index is -3.75. The van der Waals surface area contributed by atoms with Crippen LogP contribution in [0.25, 0.3) is 28.0 Å². The summed E-state index contributed by atoms with van der Waals surface area (Å²) in [5.41, 5.74) is 16.8. The van der Waals surface area contributed by atoms with Gasteiger partial charge in [0, 0.05) is 53.2 Å². The van der Waals surface area contributed by atoms with Crippen LogP contribution in [0.4, 0.5) is 11.6 Å². The Morgan fingerprint density at radius 2 is 1.74 bits per heavy atom.